The van der Waals surface area contributed by atoms with Crippen molar-refractivity contribution < 1.29 is 0 Å². The highest BCUT2D eigenvalue weighted by atomic mass is 35.5. The van der Waals surface area contributed by atoms with Gasteiger partial charge in [-0.15, -0.1) is 11.3 Å². The molecule has 3 rings (SSSR count). The second kappa shape index (κ2) is 6.06. The van der Waals surface area contributed by atoms with Gasteiger partial charge in [0.05, 0.1) is 5.69 Å². The fourth-order valence-corrected chi connectivity index (χ4v) is 2.92. The molecule has 1 heterocycles. The quantitative estimate of drug-likeness (QED) is 0.619. The van der Waals surface area contributed by atoms with E-state index in [1.54, 1.807) is 11.3 Å². The summed E-state index contributed by atoms with van der Waals surface area (Å²) in [7, 11) is 0. The van der Waals surface area contributed by atoms with Crippen LogP contribution in [0.2, 0.25) is 10.0 Å². The predicted octanol–water partition coefficient (Wildman–Crippen LogP) is 6.17. The van der Waals surface area contributed by atoms with Gasteiger partial charge in [-0.25, -0.2) is 4.98 Å². The lowest BCUT2D eigenvalue weighted by atomic mass is 10.2. The lowest BCUT2D eigenvalue weighted by Gasteiger charge is -2.04. The van der Waals surface area contributed by atoms with E-state index in [-0.39, 0.29) is 0 Å². The average molecular weight is 335 g/mol. The largest absolute Gasteiger partial charge is 0.331 e. The van der Waals surface area contributed by atoms with E-state index in [4.69, 9.17) is 23.2 Å². The van der Waals surface area contributed by atoms with Gasteiger partial charge >= 0.3 is 0 Å². The maximum absolute atomic E-state index is 6.13. The van der Waals surface area contributed by atoms with E-state index >= 15 is 0 Å². The first-order valence-corrected chi connectivity index (χ1v) is 8.00. The van der Waals surface area contributed by atoms with Crippen molar-refractivity contribution in [2.75, 3.05) is 5.32 Å². The van der Waals surface area contributed by atoms with Crippen molar-refractivity contribution in [1.29, 1.82) is 0 Å². The van der Waals surface area contributed by atoms with Crippen molar-refractivity contribution in [3.05, 3.63) is 63.5 Å². The van der Waals surface area contributed by atoms with Crippen molar-refractivity contribution in [3.63, 3.8) is 0 Å². The highest BCUT2D eigenvalue weighted by molar-refractivity contribution is 7.14. The summed E-state index contributed by atoms with van der Waals surface area (Å²) in [5.41, 5.74) is 3.97. The smallest absolute Gasteiger partial charge is 0.187 e. The number of anilines is 2. The first-order chi connectivity index (χ1) is 10.1. The van der Waals surface area contributed by atoms with Crippen molar-refractivity contribution in [3.8, 4) is 11.3 Å². The molecule has 3 aromatic rings. The number of aromatic nitrogens is 1. The number of nitrogens with zero attached hydrogens (tertiary/aromatic N) is 1. The fourth-order valence-electron chi connectivity index (χ4n) is 1.88. The number of benzene rings is 2. The predicted molar refractivity (Wildman–Crippen MR) is 92.0 cm³/mol. The third kappa shape index (κ3) is 3.38. The number of halogens is 2. The molecule has 0 bridgehead atoms. The van der Waals surface area contributed by atoms with Crippen LogP contribution in [0.3, 0.4) is 0 Å². The van der Waals surface area contributed by atoms with Crippen LogP contribution in [-0.2, 0) is 0 Å². The lowest BCUT2D eigenvalue weighted by Crippen LogP contribution is -1.90. The monoisotopic (exact) mass is 334 g/mol. The van der Waals surface area contributed by atoms with Crippen LogP contribution in [0.1, 0.15) is 5.56 Å². The van der Waals surface area contributed by atoms with Crippen LogP contribution in [0.5, 0.6) is 0 Å². The Hall–Kier alpha value is -1.55. The lowest BCUT2D eigenvalue weighted by molar-refractivity contribution is 1.38. The summed E-state index contributed by atoms with van der Waals surface area (Å²) in [5.74, 6) is 0. The molecule has 106 valence electrons. The molecule has 0 spiro atoms. The summed E-state index contributed by atoms with van der Waals surface area (Å²) < 4.78 is 0. The Morgan fingerprint density at radius 3 is 2.52 bits per heavy atom. The normalized spacial score (nSPS) is 10.6. The molecule has 2 nitrogen and oxygen atoms in total. The van der Waals surface area contributed by atoms with Crippen LogP contribution in [0.25, 0.3) is 11.3 Å². The number of thiazole rings is 1. The van der Waals surface area contributed by atoms with E-state index < -0.39 is 0 Å². The van der Waals surface area contributed by atoms with Gasteiger partial charge in [-0.05, 0) is 36.8 Å². The molecule has 0 amide bonds. The SMILES string of the molecule is Cc1ccc(Nc2nc(-c3ccc(Cl)cc3)cs2)cc1Cl. The fraction of sp³-hybridized carbons (Fsp3) is 0.0625. The third-order valence-electron chi connectivity index (χ3n) is 3.07. The van der Waals surface area contributed by atoms with Crippen molar-refractivity contribution >= 4 is 45.4 Å². The first kappa shape index (κ1) is 14.4. The van der Waals surface area contributed by atoms with Crippen LogP contribution in [-0.4, -0.2) is 4.98 Å². The van der Waals surface area contributed by atoms with Crippen LogP contribution in [0.4, 0.5) is 10.8 Å². The van der Waals surface area contributed by atoms with Crippen LogP contribution >= 0.6 is 34.5 Å². The zero-order chi connectivity index (χ0) is 14.8. The van der Waals surface area contributed by atoms with Gasteiger partial charge in [0, 0.05) is 26.7 Å². The topological polar surface area (TPSA) is 24.9 Å². The van der Waals surface area contributed by atoms with Gasteiger partial charge in [0.25, 0.3) is 0 Å². The van der Waals surface area contributed by atoms with Crippen molar-refractivity contribution in [2.45, 2.75) is 6.92 Å². The van der Waals surface area contributed by atoms with E-state index in [1.165, 1.54) is 0 Å². The summed E-state index contributed by atoms with van der Waals surface area (Å²) in [5, 5.41) is 7.59. The van der Waals surface area contributed by atoms with E-state index in [0.717, 1.165) is 37.7 Å². The number of aryl methyl sites for hydroxylation is 1. The molecule has 2 aromatic carbocycles. The van der Waals surface area contributed by atoms with Crippen molar-refractivity contribution in [2.24, 2.45) is 0 Å². The minimum atomic E-state index is 0.724. The Labute approximate surface area is 137 Å². The molecule has 1 aromatic heterocycles. The standard InChI is InChI=1S/C16H12Cl2N2S/c1-10-2-7-13(8-14(10)18)19-16-20-15(9-21-16)11-3-5-12(17)6-4-11/h2-9H,1H3,(H,19,20). The van der Waals surface area contributed by atoms with Crippen LogP contribution in [0.15, 0.2) is 47.8 Å². The molecule has 0 radical (unpaired) electrons. The van der Waals surface area contributed by atoms with Gasteiger partial charge in [0.1, 0.15) is 0 Å². The Balaban J connectivity index is 1.81. The molecular formula is C16H12Cl2N2S. The van der Waals surface area contributed by atoms with E-state index in [0.29, 0.717) is 0 Å². The first-order valence-electron chi connectivity index (χ1n) is 6.36. The summed E-state index contributed by atoms with van der Waals surface area (Å²) >= 11 is 13.6. The second-order valence-corrected chi connectivity index (χ2v) is 6.34. The van der Waals surface area contributed by atoms with E-state index in [9.17, 15) is 0 Å². The maximum Gasteiger partial charge on any atom is 0.187 e. The minimum Gasteiger partial charge on any atom is -0.331 e. The van der Waals surface area contributed by atoms with Crippen molar-refractivity contribution in [1.82, 2.24) is 4.98 Å². The molecule has 5 heteroatoms. The zero-order valence-electron chi connectivity index (χ0n) is 11.2. The third-order valence-corrected chi connectivity index (χ3v) is 4.48. The molecule has 0 saturated heterocycles. The van der Waals surface area contributed by atoms with Gasteiger partial charge < -0.3 is 5.32 Å². The number of nitrogens with one attached hydrogen (secondary N) is 1. The Bertz CT molecular complexity index is 766. The number of hydrogen-bond acceptors (Lipinski definition) is 3. The highest BCUT2D eigenvalue weighted by Crippen LogP contribution is 2.29. The van der Waals surface area contributed by atoms with E-state index in [2.05, 4.69) is 10.3 Å². The molecule has 0 unspecified atom stereocenters. The second-order valence-electron chi connectivity index (χ2n) is 4.63. The summed E-state index contributed by atoms with van der Waals surface area (Å²) in [6, 6.07) is 13.5. The summed E-state index contributed by atoms with van der Waals surface area (Å²) in [4.78, 5) is 4.58. The molecule has 0 aliphatic heterocycles. The molecule has 0 atom stereocenters. The number of rotatable bonds is 3. The molecule has 0 aliphatic carbocycles. The number of hydrogen-bond donors (Lipinski definition) is 1. The Morgan fingerprint density at radius 1 is 1.05 bits per heavy atom. The van der Waals surface area contributed by atoms with Gasteiger partial charge in [-0.3, -0.25) is 0 Å². The molecule has 0 fully saturated rings. The Kier molecular flexibility index (Phi) is 4.15. The molecule has 1 N–H and O–H groups in total. The molecule has 0 saturated carbocycles. The summed E-state index contributed by atoms with van der Waals surface area (Å²) in [6.07, 6.45) is 0. The molecular weight excluding hydrogens is 323 g/mol. The van der Waals surface area contributed by atoms with E-state index in [1.807, 2.05) is 54.8 Å². The van der Waals surface area contributed by atoms with Crippen LogP contribution in [0, 0.1) is 6.92 Å². The highest BCUT2D eigenvalue weighted by Gasteiger charge is 2.05. The molecule has 21 heavy (non-hydrogen) atoms. The Morgan fingerprint density at radius 2 is 1.81 bits per heavy atom. The van der Waals surface area contributed by atoms with Gasteiger partial charge in [0.15, 0.2) is 5.13 Å². The molecule has 0 aliphatic rings. The van der Waals surface area contributed by atoms with Gasteiger partial charge in [-0.2, -0.15) is 0 Å². The minimum absolute atomic E-state index is 0.724. The van der Waals surface area contributed by atoms with Gasteiger partial charge in [0.2, 0.25) is 0 Å². The maximum atomic E-state index is 6.13. The van der Waals surface area contributed by atoms with Gasteiger partial charge in [-0.1, -0.05) is 41.4 Å². The van der Waals surface area contributed by atoms with Crippen LogP contribution < -0.4 is 5.32 Å². The summed E-state index contributed by atoms with van der Waals surface area (Å²) in [6.45, 7) is 1.98. The average Bonchev–Trinajstić information content (AvgIpc) is 2.92. The zero-order valence-corrected chi connectivity index (χ0v) is 13.6.